The van der Waals surface area contributed by atoms with Crippen molar-refractivity contribution in [2.24, 2.45) is 5.10 Å². The summed E-state index contributed by atoms with van der Waals surface area (Å²) in [6.45, 7) is 0. The van der Waals surface area contributed by atoms with Crippen LogP contribution < -0.4 is 15.5 Å². The molecule has 28 heavy (non-hydrogen) atoms. The average Bonchev–Trinajstić information content (AvgIpc) is 2.75. The van der Waals surface area contributed by atoms with Crippen LogP contribution in [0.5, 0.6) is 5.75 Å². The fraction of sp³-hybridized carbons (Fsp3) is 0.130. The van der Waals surface area contributed by atoms with Crippen LogP contribution in [-0.4, -0.2) is 11.3 Å². The monoisotopic (exact) mass is 387 g/mol. The quantitative estimate of drug-likeness (QED) is 0.385. The van der Waals surface area contributed by atoms with Gasteiger partial charge in [-0.25, -0.2) is 0 Å². The predicted octanol–water partition coefficient (Wildman–Crippen LogP) is 4.75. The molecule has 2 unspecified atom stereocenters. The van der Waals surface area contributed by atoms with Crippen molar-refractivity contribution in [3.63, 3.8) is 0 Å². The van der Waals surface area contributed by atoms with Crippen LogP contribution in [-0.2, 0) is 0 Å². The molecule has 1 aliphatic rings. The minimum atomic E-state index is -0.0239. The molecule has 0 fully saturated rings. The van der Waals surface area contributed by atoms with Gasteiger partial charge < -0.3 is 10.1 Å². The highest BCUT2D eigenvalue weighted by Crippen LogP contribution is 2.40. The molecule has 0 aliphatic carbocycles. The minimum absolute atomic E-state index is 0.0239. The Morgan fingerprint density at radius 3 is 2.39 bits per heavy atom. The van der Waals surface area contributed by atoms with Gasteiger partial charge in [-0.15, -0.1) is 0 Å². The molecule has 5 heteroatoms. The molecule has 1 heterocycles. The van der Waals surface area contributed by atoms with E-state index >= 15 is 0 Å². The van der Waals surface area contributed by atoms with E-state index < -0.39 is 0 Å². The third kappa shape index (κ3) is 4.38. The Bertz CT molecular complexity index is 960. The fourth-order valence-electron chi connectivity index (χ4n) is 3.32. The highest BCUT2D eigenvalue weighted by molar-refractivity contribution is 7.80. The maximum Gasteiger partial charge on any atom is 0.187 e. The van der Waals surface area contributed by atoms with E-state index in [2.05, 4.69) is 34.0 Å². The zero-order chi connectivity index (χ0) is 19.2. The summed E-state index contributed by atoms with van der Waals surface area (Å²) in [5.74, 6) is 0.885. The Morgan fingerprint density at radius 2 is 1.61 bits per heavy atom. The largest absolute Gasteiger partial charge is 0.485 e. The van der Waals surface area contributed by atoms with Gasteiger partial charge in [0.25, 0.3) is 0 Å². The standard InChI is InChI=1S/C23H21N3OS/c28-23(26-24-16-17-9-3-1-4-10-17)25-20-15-22(18-11-5-2-6-12-18)27-21-14-8-7-13-19(20)21/h1-14,16,20,22H,15H2,(H2,25,26,28). The van der Waals surface area contributed by atoms with Gasteiger partial charge in [-0.3, -0.25) is 5.43 Å². The van der Waals surface area contributed by atoms with Crippen LogP contribution in [0.2, 0.25) is 0 Å². The molecular formula is C23H21N3OS. The molecule has 0 radical (unpaired) electrons. The molecule has 0 amide bonds. The molecule has 1 aliphatic heterocycles. The molecule has 3 aromatic rings. The molecule has 0 aromatic heterocycles. The van der Waals surface area contributed by atoms with E-state index in [9.17, 15) is 0 Å². The molecule has 0 saturated heterocycles. The average molecular weight is 388 g/mol. The van der Waals surface area contributed by atoms with Crippen LogP contribution in [0.25, 0.3) is 0 Å². The third-order valence-corrected chi connectivity index (χ3v) is 4.88. The number of ether oxygens (including phenoxy) is 1. The highest BCUT2D eigenvalue weighted by Gasteiger charge is 2.29. The Hall–Kier alpha value is -3.18. The second kappa shape index (κ2) is 8.67. The Kier molecular flexibility index (Phi) is 5.64. The van der Waals surface area contributed by atoms with Gasteiger partial charge in [-0.2, -0.15) is 5.10 Å². The van der Waals surface area contributed by atoms with E-state index in [1.165, 1.54) is 0 Å². The van der Waals surface area contributed by atoms with Gasteiger partial charge in [-0.05, 0) is 29.4 Å². The van der Waals surface area contributed by atoms with Crippen LogP contribution in [0.15, 0.2) is 90.0 Å². The molecule has 2 atom stereocenters. The number of para-hydroxylation sites is 1. The first-order chi connectivity index (χ1) is 13.8. The van der Waals surface area contributed by atoms with E-state index in [1.54, 1.807) is 6.21 Å². The van der Waals surface area contributed by atoms with Crippen LogP contribution in [0.4, 0.5) is 0 Å². The summed E-state index contributed by atoms with van der Waals surface area (Å²) < 4.78 is 6.24. The van der Waals surface area contributed by atoms with Gasteiger partial charge in [0.05, 0.1) is 12.3 Å². The van der Waals surface area contributed by atoms with Crippen LogP contribution >= 0.6 is 12.2 Å². The third-order valence-electron chi connectivity index (χ3n) is 4.67. The summed E-state index contributed by atoms with van der Waals surface area (Å²) in [5.41, 5.74) is 6.19. The number of hydrogen-bond acceptors (Lipinski definition) is 3. The van der Waals surface area contributed by atoms with Crippen LogP contribution in [0.3, 0.4) is 0 Å². The Balaban J connectivity index is 1.46. The van der Waals surface area contributed by atoms with Crippen molar-refractivity contribution in [1.82, 2.24) is 10.7 Å². The lowest BCUT2D eigenvalue weighted by atomic mass is 9.93. The van der Waals surface area contributed by atoms with Crippen LogP contribution in [0, 0.1) is 0 Å². The normalized spacial score (nSPS) is 18.1. The smallest absolute Gasteiger partial charge is 0.187 e. The number of rotatable bonds is 4. The summed E-state index contributed by atoms with van der Waals surface area (Å²) in [4.78, 5) is 0. The summed E-state index contributed by atoms with van der Waals surface area (Å²) >= 11 is 5.46. The number of hydrazone groups is 1. The topological polar surface area (TPSA) is 45.7 Å². The first kappa shape index (κ1) is 18.2. The van der Waals surface area contributed by atoms with Crippen LogP contribution in [0.1, 0.15) is 35.3 Å². The molecule has 2 N–H and O–H groups in total. The molecule has 140 valence electrons. The van der Waals surface area contributed by atoms with Crippen molar-refractivity contribution in [3.05, 3.63) is 102 Å². The summed E-state index contributed by atoms with van der Waals surface area (Å²) in [5, 5.41) is 8.10. The van der Waals surface area contributed by atoms with E-state index in [0.29, 0.717) is 5.11 Å². The number of nitrogens with zero attached hydrogens (tertiary/aromatic N) is 1. The summed E-state index contributed by atoms with van der Waals surface area (Å²) in [6.07, 6.45) is 2.51. The van der Waals surface area contributed by atoms with Gasteiger partial charge in [0.2, 0.25) is 0 Å². The predicted molar refractivity (Wildman–Crippen MR) is 117 cm³/mol. The maximum absolute atomic E-state index is 6.24. The van der Waals surface area contributed by atoms with E-state index in [-0.39, 0.29) is 12.1 Å². The zero-order valence-electron chi connectivity index (χ0n) is 15.3. The highest BCUT2D eigenvalue weighted by atomic mass is 32.1. The number of thiocarbonyl (C=S) groups is 1. The second-order valence-electron chi connectivity index (χ2n) is 6.60. The molecule has 4 rings (SSSR count). The van der Waals surface area contributed by atoms with Gasteiger partial charge in [-0.1, -0.05) is 78.9 Å². The zero-order valence-corrected chi connectivity index (χ0v) is 16.1. The van der Waals surface area contributed by atoms with Crippen molar-refractivity contribution < 1.29 is 4.74 Å². The molecule has 0 spiro atoms. The van der Waals surface area contributed by atoms with E-state index in [1.807, 2.05) is 66.7 Å². The van der Waals surface area contributed by atoms with Crippen molar-refractivity contribution in [1.29, 1.82) is 0 Å². The van der Waals surface area contributed by atoms with Gasteiger partial charge in [0.15, 0.2) is 5.11 Å². The van der Waals surface area contributed by atoms with Gasteiger partial charge in [0, 0.05) is 12.0 Å². The van der Waals surface area contributed by atoms with E-state index in [4.69, 9.17) is 17.0 Å². The lowest BCUT2D eigenvalue weighted by Gasteiger charge is -2.33. The van der Waals surface area contributed by atoms with Gasteiger partial charge in [0.1, 0.15) is 11.9 Å². The second-order valence-corrected chi connectivity index (χ2v) is 7.01. The Morgan fingerprint density at radius 1 is 0.929 bits per heavy atom. The minimum Gasteiger partial charge on any atom is -0.485 e. The first-order valence-corrected chi connectivity index (χ1v) is 9.65. The molecule has 3 aromatic carbocycles. The fourth-order valence-corrected chi connectivity index (χ4v) is 3.52. The lowest BCUT2D eigenvalue weighted by Crippen LogP contribution is -2.38. The van der Waals surface area contributed by atoms with Crippen molar-refractivity contribution >= 4 is 23.5 Å². The summed E-state index contributed by atoms with van der Waals surface area (Å²) in [7, 11) is 0. The molecule has 4 nitrogen and oxygen atoms in total. The first-order valence-electron chi connectivity index (χ1n) is 9.25. The van der Waals surface area contributed by atoms with Crippen molar-refractivity contribution in [3.8, 4) is 5.75 Å². The van der Waals surface area contributed by atoms with Crippen molar-refractivity contribution in [2.75, 3.05) is 0 Å². The maximum atomic E-state index is 6.24. The Labute approximate surface area is 170 Å². The number of nitrogens with one attached hydrogen (secondary N) is 2. The number of hydrogen-bond donors (Lipinski definition) is 2. The van der Waals surface area contributed by atoms with Gasteiger partial charge >= 0.3 is 0 Å². The molecular weight excluding hydrogens is 366 g/mol. The lowest BCUT2D eigenvalue weighted by molar-refractivity contribution is 0.157. The summed E-state index contributed by atoms with van der Waals surface area (Å²) in [6, 6.07) is 28.3. The van der Waals surface area contributed by atoms with E-state index in [0.717, 1.165) is 28.9 Å². The number of fused-ring (bicyclic) bond motifs is 1. The molecule has 0 bridgehead atoms. The van der Waals surface area contributed by atoms with Crippen molar-refractivity contribution in [2.45, 2.75) is 18.6 Å². The number of benzene rings is 3. The molecule has 0 saturated carbocycles. The SMILES string of the molecule is S=C(NN=Cc1ccccc1)NC1CC(c2ccccc2)Oc2ccccc21.